The van der Waals surface area contributed by atoms with Gasteiger partial charge in [-0.15, -0.1) is 0 Å². The van der Waals surface area contributed by atoms with E-state index in [1.807, 2.05) is 0 Å². The molecule has 0 aliphatic heterocycles. The summed E-state index contributed by atoms with van der Waals surface area (Å²) in [6.45, 7) is 0.0267. The third-order valence-electron chi connectivity index (χ3n) is 2.93. The standard InChI is InChI=1S/C15H11Cl2NO4/c16-13-2-1-3-14(17)12(13)8-15(19)22-9-10-4-6-11(7-5-10)18(20)21/h1-7H,8-9H2. The summed E-state index contributed by atoms with van der Waals surface area (Å²) in [6, 6.07) is 10.8. The van der Waals surface area contributed by atoms with Crippen LogP contribution in [0.25, 0.3) is 0 Å². The molecule has 0 aromatic heterocycles. The lowest BCUT2D eigenvalue weighted by Gasteiger charge is -2.07. The van der Waals surface area contributed by atoms with Gasteiger partial charge in [0.05, 0.1) is 11.3 Å². The highest BCUT2D eigenvalue weighted by atomic mass is 35.5. The van der Waals surface area contributed by atoms with E-state index in [0.717, 1.165) is 0 Å². The molecule has 0 saturated carbocycles. The van der Waals surface area contributed by atoms with Crippen LogP contribution in [-0.4, -0.2) is 10.9 Å². The maximum absolute atomic E-state index is 11.8. The van der Waals surface area contributed by atoms with E-state index in [4.69, 9.17) is 27.9 Å². The Morgan fingerprint density at radius 1 is 1.09 bits per heavy atom. The number of hydrogen-bond donors (Lipinski definition) is 0. The summed E-state index contributed by atoms with van der Waals surface area (Å²) in [4.78, 5) is 21.9. The number of halogens is 2. The number of nitro groups is 1. The van der Waals surface area contributed by atoms with Gasteiger partial charge in [0.2, 0.25) is 0 Å². The molecule has 0 heterocycles. The minimum absolute atomic E-state index is 0.0158. The highest BCUT2D eigenvalue weighted by Gasteiger charge is 2.12. The Morgan fingerprint density at radius 3 is 2.23 bits per heavy atom. The van der Waals surface area contributed by atoms with E-state index in [-0.39, 0.29) is 18.7 Å². The van der Waals surface area contributed by atoms with E-state index >= 15 is 0 Å². The van der Waals surface area contributed by atoms with E-state index in [1.165, 1.54) is 24.3 Å². The van der Waals surface area contributed by atoms with Gasteiger partial charge in [-0.05, 0) is 29.8 Å². The third-order valence-corrected chi connectivity index (χ3v) is 3.64. The second kappa shape index (κ2) is 7.24. The predicted octanol–water partition coefficient (Wildman–Crippen LogP) is 4.19. The van der Waals surface area contributed by atoms with Crippen molar-refractivity contribution in [3.8, 4) is 0 Å². The number of benzene rings is 2. The summed E-state index contributed by atoms with van der Waals surface area (Å²) < 4.78 is 5.12. The Hall–Kier alpha value is -2.11. The number of rotatable bonds is 5. The number of hydrogen-bond acceptors (Lipinski definition) is 4. The van der Waals surface area contributed by atoms with Crippen LogP contribution in [0.3, 0.4) is 0 Å². The predicted molar refractivity (Wildman–Crippen MR) is 83.1 cm³/mol. The van der Waals surface area contributed by atoms with Crippen molar-refractivity contribution in [2.24, 2.45) is 0 Å². The summed E-state index contributed by atoms with van der Waals surface area (Å²) in [5, 5.41) is 11.3. The van der Waals surface area contributed by atoms with Gasteiger partial charge in [-0.1, -0.05) is 29.3 Å². The first kappa shape index (κ1) is 16.3. The first-order chi connectivity index (χ1) is 10.5. The monoisotopic (exact) mass is 339 g/mol. The van der Waals surface area contributed by atoms with Gasteiger partial charge in [0.15, 0.2) is 0 Å². The Bertz CT molecular complexity index is 681. The van der Waals surface area contributed by atoms with Crippen LogP contribution < -0.4 is 0 Å². The second-order valence-corrected chi connectivity index (χ2v) is 5.28. The van der Waals surface area contributed by atoms with Crippen LogP contribution in [0.5, 0.6) is 0 Å². The van der Waals surface area contributed by atoms with Gasteiger partial charge in [-0.2, -0.15) is 0 Å². The Kier molecular flexibility index (Phi) is 5.35. The molecule has 0 bridgehead atoms. The third kappa shape index (κ3) is 4.19. The molecule has 2 aromatic carbocycles. The second-order valence-electron chi connectivity index (χ2n) is 4.46. The lowest BCUT2D eigenvalue weighted by atomic mass is 10.1. The Labute approximate surface area is 136 Å². The van der Waals surface area contributed by atoms with Crippen LogP contribution in [0.4, 0.5) is 5.69 Å². The van der Waals surface area contributed by atoms with Crippen molar-refractivity contribution < 1.29 is 14.5 Å². The Morgan fingerprint density at radius 2 is 1.68 bits per heavy atom. The maximum Gasteiger partial charge on any atom is 0.310 e. The van der Waals surface area contributed by atoms with Crippen molar-refractivity contribution in [1.82, 2.24) is 0 Å². The van der Waals surface area contributed by atoms with E-state index < -0.39 is 10.9 Å². The topological polar surface area (TPSA) is 69.4 Å². The fourth-order valence-electron chi connectivity index (χ4n) is 1.77. The summed E-state index contributed by atoms with van der Waals surface area (Å²) in [7, 11) is 0. The molecule has 0 atom stereocenters. The molecule has 0 spiro atoms. The van der Waals surface area contributed by atoms with Crippen molar-refractivity contribution in [2.75, 3.05) is 0 Å². The van der Waals surface area contributed by atoms with Gasteiger partial charge in [0, 0.05) is 27.7 Å². The van der Waals surface area contributed by atoms with Crippen LogP contribution in [0, 0.1) is 10.1 Å². The van der Waals surface area contributed by atoms with E-state index in [1.54, 1.807) is 18.2 Å². The van der Waals surface area contributed by atoms with Crippen molar-refractivity contribution in [2.45, 2.75) is 13.0 Å². The molecule has 0 unspecified atom stereocenters. The van der Waals surface area contributed by atoms with Crippen LogP contribution in [0.1, 0.15) is 11.1 Å². The van der Waals surface area contributed by atoms with Crippen LogP contribution in [0.15, 0.2) is 42.5 Å². The van der Waals surface area contributed by atoms with Gasteiger partial charge >= 0.3 is 5.97 Å². The van der Waals surface area contributed by atoms with Gasteiger partial charge in [0.25, 0.3) is 5.69 Å². The van der Waals surface area contributed by atoms with Gasteiger partial charge < -0.3 is 4.74 Å². The van der Waals surface area contributed by atoms with Crippen molar-refractivity contribution in [1.29, 1.82) is 0 Å². The minimum Gasteiger partial charge on any atom is -0.461 e. The molecule has 7 heteroatoms. The molecule has 5 nitrogen and oxygen atoms in total. The summed E-state index contributed by atoms with van der Waals surface area (Å²) >= 11 is 12.0. The van der Waals surface area contributed by atoms with Crippen LogP contribution >= 0.6 is 23.2 Å². The molecule has 0 saturated heterocycles. The fourth-order valence-corrected chi connectivity index (χ4v) is 2.31. The van der Waals surface area contributed by atoms with Crippen LogP contribution in [-0.2, 0) is 22.6 Å². The smallest absolute Gasteiger partial charge is 0.310 e. The van der Waals surface area contributed by atoms with Crippen molar-refractivity contribution in [3.05, 3.63) is 73.8 Å². The van der Waals surface area contributed by atoms with Crippen molar-refractivity contribution >= 4 is 34.9 Å². The molecular weight excluding hydrogens is 329 g/mol. The average molecular weight is 340 g/mol. The molecule has 0 N–H and O–H groups in total. The number of ether oxygens (including phenoxy) is 1. The van der Waals surface area contributed by atoms with E-state index in [0.29, 0.717) is 21.2 Å². The largest absolute Gasteiger partial charge is 0.461 e. The highest BCUT2D eigenvalue weighted by molar-refractivity contribution is 6.36. The average Bonchev–Trinajstić information content (AvgIpc) is 2.49. The number of esters is 1. The lowest BCUT2D eigenvalue weighted by Crippen LogP contribution is -2.08. The number of carbonyl (C=O) groups is 1. The molecule has 0 amide bonds. The quantitative estimate of drug-likeness (QED) is 0.465. The number of nitrogens with zero attached hydrogens (tertiary/aromatic N) is 1. The van der Waals surface area contributed by atoms with Gasteiger partial charge in [0.1, 0.15) is 6.61 Å². The minimum atomic E-state index is -0.491. The molecule has 2 aromatic rings. The number of carbonyl (C=O) groups excluding carboxylic acids is 1. The molecular formula is C15H11Cl2NO4. The fraction of sp³-hybridized carbons (Fsp3) is 0.133. The van der Waals surface area contributed by atoms with Gasteiger partial charge in [-0.3, -0.25) is 14.9 Å². The van der Waals surface area contributed by atoms with E-state index in [2.05, 4.69) is 0 Å². The molecule has 0 aliphatic rings. The van der Waals surface area contributed by atoms with E-state index in [9.17, 15) is 14.9 Å². The zero-order chi connectivity index (χ0) is 16.1. The SMILES string of the molecule is O=C(Cc1c(Cl)cccc1Cl)OCc1ccc([N+](=O)[O-])cc1. The molecule has 0 aliphatic carbocycles. The van der Waals surface area contributed by atoms with Gasteiger partial charge in [-0.25, -0.2) is 0 Å². The van der Waals surface area contributed by atoms with Crippen molar-refractivity contribution in [3.63, 3.8) is 0 Å². The molecule has 0 fully saturated rings. The summed E-state index contributed by atoms with van der Waals surface area (Å²) in [6.07, 6.45) is -0.0362. The first-order valence-electron chi connectivity index (χ1n) is 6.29. The number of non-ortho nitro benzene ring substituents is 1. The highest BCUT2D eigenvalue weighted by Crippen LogP contribution is 2.25. The maximum atomic E-state index is 11.8. The molecule has 22 heavy (non-hydrogen) atoms. The lowest BCUT2D eigenvalue weighted by molar-refractivity contribution is -0.384. The first-order valence-corrected chi connectivity index (χ1v) is 7.05. The van der Waals surface area contributed by atoms with Crippen LogP contribution in [0.2, 0.25) is 10.0 Å². The summed E-state index contributed by atoms with van der Waals surface area (Å²) in [5.74, 6) is -0.478. The normalized spacial score (nSPS) is 10.3. The summed E-state index contributed by atoms with van der Waals surface area (Å²) in [5.41, 5.74) is 1.15. The number of nitro benzene ring substituents is 1. The molecule has 114 valence electrons. The molecule has 2 rings (SSSR count). The Balaban J connectivity index is 1.94. The zero-order valence-electron chi connectivity index (χ0n) is 11.3. The zero-order valence-corrected chi connectivity index (χ0v) is 12.8. The molecule has 0 radical (unpaired) electrons.